The Morgan fingerprint density at radius 3 is 1.57 bits per heavy atom. The lowest BCUT2D eigenvalue weighted by atomic mass is 9.59. The van der Waals surface area contributed by atoms with E-state index >= 15 is 0 Å². The van der Waals surface area contributed by atoms with E-state index in [0.717, 1.165) is 55.0 Å². The third-order valence-corrected chi connectivity index (χ3v) is 13.0. The average Bonchev–Trinajstić information content (AvgIpc) is 3.77. The van der Waals surface area contributed by atoms with E-state index in [4.69, 9.17) is 67.2 Å². The smallest absolute Gasteiger partial charge is 0.143 e. The first kappa shape index (κ1) is 37.1. The molecule has 0 amide bonds. The van der Waals surface area contributed by atoms with Crippen molar-refractivity contribution >= 4 is 161 Å². The van der Waals surface area contributed by atoms with Crippen LogP contribution in [0, 0.1) is 0 Å². The summed E-state index contributed by atoms with van der Waals surface area (Å²) in [7, 11) is 55.0. The third kappa shape index (κ3) is 4.93. The highest BCUT2D eigenvalue weighted by molar-refractivity contribution is 6.71. The summed E-state index contributed by atoms with van der Waals surface area (Å²) in [5, 5.41) is 6.25. The van der Waals surface area contributed by atoms with Gasteiger partial charge < -0.3 is 4.42 Å². The Morgan fingerprint density at radius 1 is 0.400 bits per heavy atom. The number of rotatable bonds is 3. The van der Waals surface area contributed by atoms with Crippen LogP contribution in [0.4, 0.5) is 0 Å². The van der Waals surface area contributed by atoms with Crippen molar-refractivity contribution in [2.75, 3.05) is 0 Å². The molecule has 1 aliphatic carbocycles. The number of fused-ring (bicyclic) bond motifs is 10. The van der Waals surface area contributed by atoms with Crippen LogP contribution in [0.25, 0.3) is 98.8 Å². The summed E-state index contributed by atoms with van der Waals surface area (Å²) in [6.45, 7) is 4.58. The lowest BCUT2D eigenvalue weighted by molar-refractivity contribution is 0.662. The molecule has 260 valence electrons. The minimum atomic E-state index is -0.199. The van der Waals surface area contributed by atoms with Crippen molar-refractivity contribution in [3.05, 3.63) is 132 Å². The first-order valence-electron chi connectivity index (χ1n) is 19.8. The van der Waals surface area contributed by atoms with E-state index in [2.05, 4.69) is 111 Å². The summed E-state index contributed by atoms with van der Waals surface area (Å²) in [5.74, 6) is 0. The highest BCUT2D eigenvalue weighted by Gasteiger charge is 2.37. The number of furan rings is 1. The second-order valence-electron chi connectivity index (χ2n) is 16.5. The molecule has 16 radical (unpaired) electrons. The Bertz CT molecular complexity index is 3470. The van der Waals surface area contributed by atoms with Crippen molar-refractivity contribution in [1.29, 1.82) is 0 Å². The normalized spacial score (nSPS) is 13.2. The number of hydrogen-bond donors (Lipinski definition) is 0. The minimum absolute atomic E-state index is 0.166. The van der Waals surface area contributed by atoms with Crippen LogP contribution in [0.15, 0.2) is 126 Å². The van der Waals surface area contributed by atoms with E-state index in [-0.39, 0.29) is 49.1 Å². The molecule has 9 aromatic carbocycles. The minimum Gasteiger partial charge on any atom is -0.455 e. The van der Waals surface area contributed by atoms with Crippen LogP contribution in [0.5, 0.6) is 0 Å². The van der Waals surface area contributed by atoms with Gasteiger partial charge in [-0.25, -0.2) is 0 Å². The molecule has 0 saturated carbocycles. The van der Waals surface area contributed by atoms with Crippen LogP contribution < -0.4 is 43.7 Å². The zero-order valence-electron chi connectivity index (χ0n) is 33.1. The second-order valence-corrected chi connectivity index (χ2v) is 16.5. The Kier molecular flexibility index (Phi) is 8.06. The monoisotopic (exact) mass is 742 g/mol. The molecule has 11 rings (SSSR count). The SMILES string of the molecule is [B]c1c([B])c([B])c2c(-c3ccc4oc5c6ccccc6ccc5c4c3)c3c([B])c([B])c([B])c([B])c3c(-c3ccc(-c4cccc5c4C(C)(C)c4ccccc4-5)cc3)c2c1[B]. The van der Waals surface area contributed by atoms with Crippen molar-refractivity contribution in [3.63, 3.8) is 0 Å². The predicted octanol–water partition coefficient (Wildman–Crippen LogP) is 4.70. The fourth-order valence-electron chi connectivity index (χ4n) is 10.1. The Labute approximate surface area is 359 Å². The van der Waals surface area contributed by atoms with Gasteiger partial charge in [0.25, 0.3) is 0 Å². The van der Waals surface area contributed by atoms with E-state index in [1.165, 1.54) is 22.3 Å². The lowest BCUT2D eigenvalue weighted by Crippen LogP contribution is -2.50. The van der Waals surface area contributed by atoms with E-state index in [1.54, 1.807) is 0 Å². The maximum atomic E-state index is 7.07. The summed E-state index contributed by atoms with van der Waals surface area (Å²) in [5.41, 5.74) is 13.2. The van der Waals surface area contributed by atoms with E-state index in [9.17, 15) is 0 Å². The van der Waals surface area contributed by atoms with E-state index < -0.39 is 0 Å². The van der Waals surface area contributed by atoms with Crippen LogP contribution in [0.2, 0.25) is 0 Å². The predicted molar refractivity (Wildman–Crippen MR) is 263 cm³/mol. The Hall–Kier alpha value is -5.92. The van der Waals surface area contributed by atoms with Crippen LogP contribution >= 0.6 is 0 Å². The van der Waals surface area contributed by atoms with Gasteiger partial charge in [0, 0.05) is 21.6 Å². The maximum absolute atomic E-state index is 7.07. The summed E-state index contributed by atoms with van der Waals surface area (Å²) in [6.07, 6.45) is 0. The molecular weight excluding hydrogens is 715 g/mol. The molecular formula is C51H26B8O. The standard InChI is InChI=1S/C51H26B8O/c1-51(2)33-13-6-5-10-29(33)30-12-7-11-27(41(30)51)24-14-16-25(17-15-24)35-37-39(44(54)48(58)46(56)42(37)52)36(40-38(35)43(53)47(57)49(59)45(40)55)26-19-21-34-32(22-26)31-20-18-23-8-3-4-9-28(23)50(31)60-34/h3-22H,1-2H3. The summed E-state index contributed by atoms with van der Waals surface area (Å²) in [4.78, 5) is 0. The molecule has 1 nitrogen and oxygen atoms in total. The van der Waals surface area contributed by atoms with Crippen molar-refractivity contribution in [2.24, 2.45) is 0 Å². The van der Waals surface area contributed by atoms with Gasteiger partial charge in [0.1, 0.15) is 73.9 Å². The van der Waals surface area contributed by atoms with Crippen LogP contribution in [0.1, 0.15) is 25.0 Å². The lowest BCUT2D eigenvalue weighted by Gasteiger charge is -2.28. The maximum Gasteiger partial charge on any atom is 0.143 e. The summed E-state index contributed by atoms with van der Waals surface area (Å²) >= 11 is 0. The molecule has 0 N–H and O–H groups in total. The fourth-order valence-corrected chi connectivity index (χ4v) is 10.1. The van der Waals surface area contributed by atoms with Gasteiger partial charge in [0.2, 0.25) is 0 Å². The molecule has 10 aromatic rings. The average molecular weight is 741 g/mol. The van der Waals surface area contributed by atoms with Crippen LogP contribution in [-0.4, -0.2) is 62.8 Å². The molecule has 0 bridgehead atoms. The van der Waals surface area contributed by atoms with Crippen molar-refractivity contribution in [1.82, 2.24) is 0 Å². The zero-order valence-corrected chi connectivity index (χ0v) is 33.1. The van der Waals surface area contributed by atoms with Gasteiger partial charge in [0.05, 0.1) is 0 Å². The van der Waals surface area contributed by atoms with E-state index in [0.29, 0.717) is 32.7 Å². The molecule has 0 aliphatic heterocycles. The van der Waals surface area contributed by atoms with Crippen LogP contribution in [-0.2, 0) is 5.41 Å². The molecule has 60 heavy (non-hydrogen) atoms. The molecule has 0 spiro atoms. The molecule has 1 heterocycles. The molecule has 9 heteroatoms. The van der Waals surface area contributed by atoms with Gasteiger partial charge in [-0.15, -0.1) is 21.9 Å². The van der Waals surface area contributed by atoms with Gasteiger partial charge in [-0.2, -0.15) is 0 Å². The molecule has 0 saturated heterocycles. The molecule has 1 aliphatic rings. The first-order chi connectivity index (χ1) is 28.9. The fraction of sp³-hybridized carbons (Fsp3) is 0.0588. The highest BCUT2D eigenvalue weighted by atomic mass is 16.3. The van der Waals surface area contributed by atoms with Gasteiger partial charge in [0.15, 0.2) is 0 Å². The van der Waals surface area contributed by atoms with Crippen molar-refractivity contribution in [2.45, 2.75) is 19.3 Å². The molecule has 0 fully saturated rings. The zero-order chi connectivity index (χ0) is 41.5. The van der Waals surface area contributed by atoms with Gasteiger partial charge >= 0.3 is 0 Å². The molecule has 0 unspecified atom stereocenters. The Balaban J connectivity index is 1.21. The quantitative estimate of drug-likeness (QED) is 0.189. The van der Waals surface area contributed by atoms with Gasteiger partial charge in [-0.05, 0) is 101 Å². The first-order valence-corrected chi connectivity index (χ1v) is 19.8. The van der Waals surface area contributed by atoms with E-state index in [1.807, 2.05) is 24.3 Å². The Morgan fingerprint density at radius 2 is 0.917 bits per heavy atom. The topological polar surface area (TPSA) is 13.1 Å². The third-order valence-electron chi connectivity index (χ3n) is 13.0. The summed E-state index contributed by atoms with van der Waals surface area (Å²) < 4.78 is 6.50. The van der Waals surface area contributed by atoms with Gasteiger partial charge in [-0.3, -0.25) is 0 Å². The largest absolute Gasteiger partial charge is 0.455 e. The highest BCUT2D eigenvalue weighted by Crippen LogP contribution is 2.52. The summed E-state index contributed by atoms with van der Waals surface area (Å²) in [6, 6.07) is 41.9. The van der Waals surface area contributed by atoms with Gasteiger partial charge in [-0.1, -0.05) is 139 Å². The molecule has 0 atom stereocenters. The van der Waals surface area contributed by atoms with Crippen molar-refractivity contribution < 1.29 is 4.42 Å². The van der Waals surface area contributed by atoms with Crippen LogP contribution in [0.3, 0.4) is 0 Å². The molecule has 1 aromatic heterocycles. The van der Waals surface area contributed by atoms with Crippen molar-refractivity contribution in [3.8, 4) is 44.5 Å². The number of hydrogen-bond acceptors (Lipinski definition) is 1. The second kappa shape index (κ2) is 13.0. The number of benzene rings is 9.